The summed E-state index contributed by atoms with van der Waals surface area (Å²) in [5.74, 6) is -0.153. The van der Waals surface area contributed by atoms with E-state index in [1.54, 1.807) is 6.92 Å². The molecule has 3 N–H and O–H groups in total. The molecule has 0 fully saturated rings. The van der Waals surface area contributed by atoms with E-state index in [0.717, 1.165) is 5.69 Å². The lowest BCUT2D eigenvalue weighted by Gasteiger charge is -2.01. The second-order valence-corrected chi connectivity index (χ2v) is 2.74. The first kappa shape index (κ1) is 9.73. The summed E-state index contributed by atoms with van der Waals surface area (Å²) in [6.07, 6.45) is 2.06. The van der Waals surface area contributed by atoms with Crippen molar-refractivity contribution in [3.63, 3.8) is 0 Å². The fraction of sp³-hybridized carbons (Fsp3) is 0.500. The van der Waals surface area contributed by atoms with Crippen LogP contribution in [-0.4, -0.2) is 34.4 Å². The van der Waals surface area contributed by atoms with Gasteiger partial charge >= 0.3 is 0 Å². The smallest absolute Gasteiger partial charge is 0.254 e. The van der Waals surface area contributed by atoms with E-state index in [-0.39, 0.29) is 12.5 Å². The summed E-state index contributed by atoms with van der Waals surface area (Å²) in [7, 11) is 0. The van der Waals surface area contributed by atoms with E-state index in [9.17, 15) is 4.79 Å². The van der Waals surface area contributed by atoms with Gasteiger partial charge in [0.05, 0.1) is 11.8 Å². The molecule has 0 aliphatic rings. The highest BCUT2D eigenvalue weighted by Crippen LogP contribution is 2.01. The summed E-state index contributed by atoms with van der Waals surface area (Å²) in [6.45, 7) is 2.36. The third kappa shape index (κ3) is 2.55. The van der Waals surface area contributed by atoms with Gasteiger partial charge in [-0.1, -0.05) is 0 Å². The third-order valence-electron chi connectivity index (χ3n) is 1.69. The van der Waals surface area contributed by atoms with Gasteiger partial charge in [0.15, 0.2) is 0 Å². The van der Waals surface area contributed by atoms with Crippen molar-refractivity contribution in [1.82, 2.24) is 15.5 Å². The zero-order chi connectivity index (χ0) is 9.68. The molecule has 1 amide bonds. The lowest BCUT2D eigenvalue weighted by atomic mass is 10.2. The van der Waals surface area contributed by atoms with E-state index in [4.69, 9.17) is 5.11 Å². The van der Waals surface area contributed by atoms with Gasteiger partial charge in [-0.25, -0.2) is 0 Å². The molecule has 0 aromatic carbocycles. The van der Waals surface area contributed by atoms with E-state index in [2.05, 4.69) is 15.5 Å². The second kappa shape index (κ2) is 4.61. The molecule has 0 bridgehead atoms. The van der Waals surface area contributed by atoms with Crippen molar-refractivity contribution in [2.24, 2.45) is 0 Å². The quantitative estimate of drug-likeness (QED) is 0.567. The Balaban J connectivity index is 2.45. The molecule has 0 unspecified atom stereocenters. The predicted octanol–water partition coefficient (Wildman–Crippen LogP) is -0.170. The molecule has 1 aromatic rings. The number of nitrogens with zero attached hydrogens (tertiary/aromatic N) is 1. The normalized spacial score (nSPS) is 10.0. The van der Waals surface area contributed by atoms with Crippen LogP contribution < -0.4 is 5.32 Å². The fourth-order valence-corrected chi connectivity index (χ4v) is 0.956. The Morgan fingerprint density at radius 3 is 3.08 bits per heavy atom. The van der Waals surface area contributed by atoms with Crippen LogP contribution in [0.25, 0.3) is 0 Å². The van der Waals surface area contributed by atoms with Crippen molar-refractivity contribution in [3.8, 4) is 0 Å². The van der Waals surface area contributed by atoms with Gasteiger partial charge in [-0.2, -0.15) is 5.10 Å². The number of aliphatic hydroxyl groups excluding tert-OH is 1. The van der Waals surface area contributed by atoms with Crippen LogP contribution in [0, 0.1) is 6.92 Å². The maximum Gasteiger partial charge on any atom is 0.254 e. The van der Waals surface area contributed by atoms with Crippen molar-refractivity contribution in [1.29, 1.82) is 0 Å². The number of aromatic nitrogens is 2. The zero-order valence-electron chi connectivity index (χ0n) is 7.50. The Morgan fingerprint density at radius 1 is 1.77 bits per heavy atom. The lowest BCUT2D eigenvalue weighted by Crippen LogP contribution is -2.25. The molecular weight excluding hydrogens is 170 g/mol. The number of hydrogen-bond donors (Lipinski definition) is 3. The molecule has 1 rings (SSSR count). The number of nitrogens with one attached hydrogen (secondary N) is 2. The molecule has 1 heterocycles. The van der Waals surface area contributed by atoms with Crippen LogP contribution in [-0.2, 0) is 0 Å². The van der Waals surface area contributed by atoms with Crippen LogP contribution in [0.1, 0.15) is 22.5 Å². The molecule has 1 aromatic heterocycles. The Hall–Kier alpha value is -1.36. The topological polar surface area (TPSA) is 78.0 Å². The van der Waals surface area contributed by atoms with E-state index in [0.29, 0.717) is 18.5 Å². The molecule has 0 saturated heterocycles. The Labute approximate surface area is 76.2 Å². The van der Waals surface area contributed by atoms with E-state index >= 15 is 0 Å². The van der Waals surface area contributed by atoms with Crippen LogP contribution >= 0.6 is 0 Å². The maximum atomic E-state index is 11.3. The molecule has 5 nitrogen and oxygen atoms in total. The lowest BCUT2D eigenvalue weighted by molar-refractivity contribution is 0.0950. The molecule has 72 valence electrons. The summed E-state index contributed by atoms with van der Waals surface area (Å²) in [4.78, 5) is 11.3. The van der Waals surface area contributed by atoms with E-state index in [1.807, 2.05) is 0 Å². The van der Waals surface area contributed by atoms with Gasteiger partial charge in [0.2, 0.25) is 0 Å². The summed E-state index contributed by atoms with van der Waals surface area (Å²) in [5, 5.41) is 17.6. The first-order chi connectivity index (χ1) is 6.25. The first-order valence-electron chi connectivity index (χ1n) is 4.14. The van der Waals surface area contributed by atoms with Gasteiger partial charge in [0.25, 0.3) is 5.91 Å². The molecular formula is C8H13N3O2. The minimum Gasteiger partial charge on any atom is -0.396 e. The summed E-state index contributed by atoms with van der Waals surface area (Å²) in [5.41, 5.74) is 1.31. The predicted molar refractivity (Wildman–Crippen MR) is 47.4 cm³/mol. The van der Waals surface area contributed by atoms with Crippen LogP contribution in [0.3, 0.4) is 0 Å². The Bertz CT molecular complexity index is 283. The number of carbonyl (C=O) groups is 1. The van der Waals surface area contributed by atoms with Crippen molar-refractivity contribution < 1.29 is 9.90 Å². The molecule has 0 aliphatic carbocycles. The van der Waals surface area contributed by atoms with Gasteiger partial charge in [-0.3, -0.25) is 9.89 Å². The standard InChI is InChI=1S/C8H13N3O2/c1-6-7(5-10-11-6)8(13)9-3-2-4-12/h5,12H,2-4H2,1H3,(H,9,13)(H,10,11). The molecule has 0 spiro atoms. The van der Waals surface area contributed by atoms with Crippen molar-refractivity contribution in [3.05, 3.63) is 17.5 Å². The van der Waals surface area contributed by atoms with Crippen LogP contribution in [0.4, 0.5) is 0 Å². The van der Waals surface area contributed by atoms with E-state index in [1.165, 1.54) is 6.20 Å². The molecule has 0 radical (unpaired) electrons. The average Bonchev–Trinajstić information content (AvgIpc) is 2.52. The minimum atomic E-state index is -0.153. The van der Waals surface area contributed by atoms with Crippen LogP contribution in [0.15, 0.2) is 6.20 Å². The Morgan fingerprint density at radius 2 is 2.54 bits per heavy atom. The monoisotopic (exact) mass is 183 g/mol. The molecule has 0 atom stereocenters. The highest BCUT2D eigenvalue weighted by atomic mass is 16.3. The second-order valence-electron chi connectivity index (χ2n) is 2.74. The number of hydrogen-bond acceptors (Lipinski definition) is 3. The summed E-state index contributed by atoms with van der Waals surface area (Å²) < 4.78 is 0. The highest BCUT2D eigenvalue weighted by molar-refractivity contribution is 5.94. The average molecular weight is 183 g/mol. The van der Waals surface area contributed by atoms with Crippen LogP contribution in [0.2, 0.25) is 0 Å². The number of amides is 1. The van der Waals surface area contributed by atoms with Gasteiger partial charge in [-0.15, -0.1) is 0 Å². The van der Waals surface area contributed by atoms with Gasteiger partial charge in [0, 0.05) is 18.8 Å². The summed E-state index contributed by atoms with van der Waals surface area (Å²) >= 11 is 0. The van der Waals surface area contributed by atoms with Gasteiger partial charge < -0.3 is 10.4 Å². The SMILES string of the molecule is Cc1[nH]ncc1C(=O)NCCCO. The van der Waals surface area contributed by atoms with Crippen molar-refractivity contribution in [2.45, 2.75) is 13.3 Å². The molecule has 0 aliphatic heterocycles. The van der Waals surface area contributed by atoms with Gasteiger partial charge in [-0.05, 0) is 13.3 Å². The third-order valence-corrected chi connectivity index (χ3v) is 1.69. The molecule has 13 heavy (non-hydrogen) atoms. The zero-order valence-corrected chi connectivity index (χ0v) is 7.50. The van der Waals surface area contributed by atoms with Crippen LogP contribution in [0.5, 0.6) is 0 Å². The maximum absolute atomic E-state index is 11.3. The first-order valence-corrected chi connectivity index (χ1v) is 4.14. The van der Waals surface area contributed by atoms with Crippen molar-refractivity contribution in [2.75, 3.05) is 13.2 Å². The number of H-pyrrole nitrogens is 1. The number of rotatable bonds is 4. The van der Waals surface area contributed by atoms with Crippen molar-refractivity contribution >= 4 is 5.91 Å². The number of aromatic amines is 1. The highest BCUT2D eigenvalue weighted by Gasteiger charge is 2.08. The van der Waals surface area contributed by atoms with Gasteiger partial charge in [0.1, 0.15) is 0 Å². The largest absolute Gasteiger partial charge is 0.396 e. The number of aryl methyl sites for hydroxylation is 1. The Kier molecular flexibility index (Phi) is 3.45. The molecule has 0 saturated carbocycles. The number of carbonyl (C=O) groups excluding carboxylic acids is 1. The molecule has 5 heteroatoms. The van der Waals surface area contributed by atoms with E-state index < -0.39 is 0 Å². The fourth-order valence-electron chi connectivity index (χ4n) is 0.956. The summed E-state index contributed by atoms with van der Waals surface area (Å²) in [6, 6.07) is 0. The minimum absolute atomic E-state index is 0.0879. The number of aliphatic hydroxyl groups is 1.